The number of rotatable bonds is 3. The lowest BCUT2D eigenvalue weighted by Gasteiger charge is -2.03. The Bertz CT molecular complexity index is 651. The Morgan fingerprint density at radius 2 is 1.90 bits per heavy atom. The summed E-state index contributed by atoms with van der Waals surface area (Å²) < 4.78 is 0. The molecule has 1 amide bonds. The minimum absolute atomic E-state index is 0.415. The number of carbonyl (C=O) groups excluding carboxylic acids is 1. The summed E-state index contributed by atoms with van der Waals surface area (Å²) in [6.45, 7) is 0. The molecule has 0 aliphatic carbocycles. The number of primary amides is 1. The van der Waals surface area contributed by atoms with Gasteiger partial charge in [0, 0.05) is 18.2 Å². The molecule has 0 fully saturated rings. The largest absolute Gasteiger partial charge is 0.382 e. The molecule has 1 aromatic carbocycles. The first-order valence-electron chi connectivity index (χ1n) is 6.28. The van der Waals surface area contributed by atoms with E-state index in [1.165, 1.54) is 0 Å². The number of benzene rings is 1. The molecule has 0 saturated carbocycles. The average Bonchev–Trinajstić information content (AvgIpc) is 2.98. The lowest BCUT2D eigenvalue weighted by atomic mass is 10.0. The molecule has 1 aromatic heterocycles. The zero-order valence-electron chi connectivity index (χ0n) is 10.7. The molecule has 1 atom stereocenters. The molecule has 1 aliphatic heterocycles. The molecule has 100 valence electrons. The van der Waals surface area contributed by atoms with Crippen molar-refractivity contribution in [2.75, 3.05) is 0 Å². The summed E-state index contributed by atoms with van der Waals surface area (Å²) in [7, 11) is 0. The maximum atomic E-state index is 11.0. The van der Waals surface area contributed by atoms with Gasteiger partial charge in [0.15, 0.2) is 0 Å². The third-order valence-electron chi connectivity index (χ3n) is 3.17. The molecule has 0 bridgehead atoms. The Kier molecular flexibility index (Phi) is 3.16. The SMILES string of the molecule is NC(=O)C1CC(c2ccc(-c3ccccn3)cc2)=NO1. The summed E-state index contributed by atoms with van der Waals surface area (Å²) >= 11 is 0. The van der Waals surface area contributed by atoms with Gasteiger partial charge in [0.1, 0.15) is 0 Å². The standard InChI is InChI=1S/C15H13N3O2/c16-15(19)14-9-13(18-20-14)11-6-4-10(5-7-11)12-3-1-2-8-17-12/h1-8,14H,9H2,(H2,16,19). The molecule has 2 heterocycles. The van der Waals surface area contributed by atoms with Crippen LogP contribution < -0.4 is 5.73 Å². The topological polar surface area (TPSA) is 77.6 Å². The van der Waals surface area contributed by atoms with Crippen LogP contribution in [-0.2, 0) is 9.63 Å². The molecule has 5 heteroatoms. The van der Waals surface area contributed by atoms with E-state index < -0.39 is 12.0 Å². The minimum atomic E-state index is -0.652. The van der Waals surface area contributed by atoms with Crippen molar-refractivity contribution < 1.29 is 9.63 Å². The highest BCUT2D eigenvalue weighted by Gasteiger charge is 2.26. The molecular weight excluding hydrogens is 254 g/mol. The van der Waals surface area contributed by atoms with Gasteiger partial charge in [0.05, 0.1) is 11.4 Å². The number of amides is 1. The highest BCUT2D eigenvalue weighted by Crippen LogP contribution is 2.20. The van der Waals surface area contributed by atoms with E-state index in [0.717, 1.165) is 22.5 Å². The Morgan fingerprint density at radius 3 is 2.50 bits per heavy atom. The number of carbonyl (C=O) groups is 1. The normalized spacial score (nSPS) is 17.4. The number of nitrogens with two attached hydrogens (primary N) is 1. The number of aromatic nitrogens is 1. The lowest BCUT2D eigenvalue weighted by Crippen LogP contribution is -2.28. The van der Waals surface area contributed by atoms with Crippen LogP contribution in [0.2, 0.25) is 0 Å². The molecule has 2 aromatic rings. The smallest absolute Gasteiger partial charge is 0.261 e. The predicted molar refractivity (Wildman–Crippen MR) is 74.9 cm³/mol. The van der Waals surface area contributed by atoms with Crippen molar-refractivity contribution in [1.29, 1.82) is 0 Å². The highest BCUT2D eigenvalue weighted by molar-refractivity contribution is 6.04. The van der Waals surface area contributed by atoms with Gasteiger partial charge in [-0.05, 0) is 17.7 Å². The van der Waals surface area contributed by atoms with Crippen LogP contribution >= 0.6 is 0 Å². The van der Waals surface area contributed by atoms with E-state index in [1.54, 1.807) is 6.20 Å². The monoisotopic (exact) mass is 267 g/mol. The second kappa shape index (κ2) is 5.13. The number of nitrogens with zero attached hydrogens (tertiary/aromatic N) is 2. The van der Waals surface area contributed by atoms with Crippen molar-refractivity contribution in [3.63, 3.8) is 0 Å². The number of hydrogen-bond acceptors (Lipinski definition) is 4. The van der Waals surface area contributed by atoms with E-state index in [9.17, 15) is 4.79 Å². The summed E-state index contributed by atoms with van der Waals surface area (Å²) in [6, 6.07) is 13.6. The molecule has 0 radical (unpaired) electrons. The van der Waals surface area contributed by atoms with Gasteiger partial charge in [-0.1, -0.05) is 35.5 Å². The zero-order chi connectivity index (χ0) is 13.9. The minimum Gasteiger partial charge on any atom is -0.382 e. The van der Waals surface area contributed by atoms with E-state index in [4.69, 9.17) is 10.6 Å². The molecule has 2 N–H and O–H groups in total. The number of hydrogen-bond donors (Lipinski definition) is 1. The maximum absolute atomic E-state index is 11.0. The first-order chi connectivity index (χ1) is 9.74. The van der Waals surface area contributed by atoms with Crippen LogP contribution in [0.4, 0.5) is 0 Å². The second-order valence-corrected chi connectivity index (χ2v) is 4.53. The summed E-state index contributed by atoms with van der Waals surface area (Å²) in [5.74, 6) is -0.492. The van der Waals surface area contributed by atoms with E-state index in [0.29, 0.717) is 6.42 Å². The summed E-state index contributed by atoms with van der Waals surface area (Å²) in [4.78, 5) is 20.3. The fourth-order valence-electron chi connectivity index (χ4n) is 2.07. The van der Waals surface area contributed by atoms with Crippen LogP contribution in [-0.4, -0.2) is 22.7 Å². The Hall–Kier alpha value is -2.69. The molecular formula is C15H13N3O2. The summed E-state index contributed by atoms with van der Waals surface area (Å²) in [5.41, 5.74) is 8.80. The van der Waals surface area contributed by atoms with Crippen molar-refractivity contribution in [2.45, 2.75) is 12.5 Å². The van der Waals surface area contributed by atoms with Crippen molar-refractivity contribution in [1.82, 2.24) is 4.98 Å². The molecule has 0 saturated heterocycles. The van der Waals surface area contributed by atoms with Crippen LogP contribution in [0.1, 0.15) is 12.0 Å². The fourth-order valence-corrected chi connectivity index (χ4v) is 2.07. The Labute approximate surface area is 116 Å². The van der Waals surface area contributed by atoms with E-state index >= 15 is 0 Å². The second-order valence-electron chi connectivity index (χ2n) is 4.53. The van der Waals surface area contributed by atoms with Gasteiger partial charge >= 0.3 is 0 Å². The van der Waals surface area contributed by atoms with Crippen LogP contribution in [0.5, 0.6) is 0 Å². The number of pyridine rings is 1. The van der Waals surface area contributed by atoms with Crippen LogP contribution in [0.15, 0.2) is 53.8 Å². The average molecular weight is 267 g/mol. The third-order valence-corrected chi connectivity index (χ3v) is 3.17. The summed E-state index contributed by atoms with van der Waals surface area (Å²) in [6.07, 6.45) is 1.52. The van der Waals surface area contributed by atoms with Crippen molar-refractivity contribution in [2.24, 2.45) is 10.9 Å². The first-order valence-corrected chi connectivity index (χ1v) is 6.28. The van der Waals surface area contributed by atoms with E-state index in [1.807, 2.05) is 42.5 Å². The predicted octanol–water partition coefficient (Wildman–Crippen LogP) is 1.73. The first kappa shape index (κ1) is 12.3. The van der Waals surface area contributed by atoms with Crippen molar-refractivity contribution in [3.05, 3.63) is 54.2 Å². The molecule has 20 heavy (non-hydrogen) atoms. The van der Waals surface area contributed by atoms with Gasteiger partial charge in [-0.2, -0.15) is 0 Å². The van der Waals surface area contributed by atoms with Gasteiger partial charge in [-0.25, -0.2) is 0 Å². The van der Waals surface area contributed by atoms with Gasteiger partial charge in [-0.3, -0.25) is 9.78 Å². The molecule has 3 rings (SSSR count). The van der Waals surface area contributed by atoms with Gasteiger partial charge in [-0.15, -0.1) is 0 Å². The van der Waals surface area contributed by atoms with E-state index in [2.05, 4.69) is 10.1 Å². The van der Waals surface area contributed by atoms with Crippen LogP contribution in [0.25, 0.3) is 11.3 Å². The Balaban J connectivity index is 1.79. The lowest BCUT2D eigenvalue weighted by molar-refractivity contribution is -0.127. The van der Waals surface area contributed by atoms with Gasteiger partial charge in [0.2, 0.25) is 6.10 Å². The zero-order valence-corrected chi connectivity index (χ0v) is 10.7. The Morgan fingerprint density at radius 1 is 1.15 bits per heavy atom. The van der Waals surface area contributed by atoms with Gasteiger partial charge < -0.3 is 10.6 Å². The number of oxime groups is 1. The fraction of sp³-hybridized carbons (Fsp3) is 0.133. The van der Waals surface area contributed by atoms with Crippen LogP contribution in [0.3, 0.4) is 0 Å². The molecule has 1 aliphatic rings. The summed E-state index contributed by atoms with van der Waals surface area (Å²) in [5, 5.41) is 3.91. The molecule has 5 nitrogen and oxygen atoms in total. The quantitative estimate of drug-likeness (QED) is 0.919. The van der Waals surface area contributed by atoms with Crippen molar-refractivity contribution >= 4 is 11.6 Å². The highest BCUT2D eigenvalue weighted by atomic mass is 16.6. The van der Waals surface area contributed by atoms with E-state index in [-0.39, 0.29) is 0 Å². The molecule has 1 unspecified atom stereocenters. The third kappa shape index (κ3) is 2.38. The maximum Gasteiger partial charge on any atom is 0.261 e. The van der Waals surface area contributed by atoms with Crippen LogP contribution in [0, 0.1) is 0 Å². The molecule has 0 spiro atoms. The van der Waals surface area contributed by atoms with Gasteiger partial charge in [0.25, 0.3) is 5.91 Å². The van der Waals surface area contributed by atoms with Crippen molar-refractivity contribution in [3.8, 4) is 11.3 Å².